The minimum atomic E-state index is -1.23. The van der Waals surface area contributed by atoms with Crippen LogP contribution in [0.5, 0.6) is 0 Å². The summed E-state index contributed by atoms with van der Waals surface area (Å²) in [5.41, 5.74) is 0.537. The number of benzene rings is 1. The first-order valence-corrected chi connectivity index (χ1v) is 6.02. The van der Waals surface area contributed by atoms with Gasteiger partial charge in [0, 0.05) is 10.6 Å². The highest BCUT2D eigenvalue weighted by Gasteiger charge is 2.24. The Bertz CT molecular complexity index is 634. The molecule has 6 nitrogen and oxygen atoms in total. The van der Waals surface area contributed by atoms with Gasteiger partial charge in [-0.1, -0.05) is 29.8 Å². The van der Waals surface area contributed by atoms with Crippen molar-refractivity contribution in [3.63, 3.8) is 0 Å². The number of rotatable bonds is 4. The molecule has 0 saturated heterocycles. The van der Waals surface area contributed by atoms with Crippen LogP contribution < -0.4 is 5.32 Å². The smallest absolute Gasteiger partial charge is 0.330 e. The highest BCUT2D eigenvalue weighted by molar-refractivity contribution is 6.31. The molecule has 0 aliphatic rings. The molecule has 0 spiro atoms. The number of nitrogens with one attached hydrogen (secondary N) is 1. The van der Waals surface area contributed by atoms with Gasteiger partial charge in [-0.25, -0.2) is 4.79 Å². The van der Waals surface area contributed by atoms with E-state index < -0.39 is 17.9 Å². The van der Waals surface area contributed by atoms with Crippen LogP contribution in [0.15, 0.2) is 42.7 Å². The molecule has 2 rings (SSSR count). The Morgan fingerprint density at radius 1 is 1.20 bits per heavy atom. The van der Waals surface area contributed by atoms with Crippen molar-refractivity contribution in [2.45, 2.75) is 6.04 Å². The van der Waals surface area contributed by atoms with Gasteiger partial charge >= 0.3 is 5.97 Å². The van der Waals surface area contributed by atoms with Crippen molar-refractivity contribution in [2.24, 2.45) is 0 Å². The van der Waals surface area contributed by atoms with Crippen LogP contribution in [0.4, 0.5) is 0 Å². The summed E-state index contributed by atoms with van der Waals surface area (Å²) < 4.78 is 0. The van der Waals surface area contributed by atoms with E-state index in [9.17, 15) is 14.7 Å². The molecule has 1 heterocycles. The Balaban J connectivity index is 2.26. The van der Waals surface area contributed by atoms with Crippen molar-refractivity contribution in [2.75, 3.05) is 0 Å². The fourth-order valence-electron chi connectivity index (χ4n) is 1.62. The largest absolute Gasteiger partial charge is 0.479 e. The maximum absolute atomic E-state index is 12.0. The van der Waals surface area contributed by atoms with Crippen LogP contribution in [0, 0.1) is 0 Å². The molecule has 1 atom stereocenters. The van der Waals surface area contributed by atoms with E-state index in [1.54, 1.807) is 24.3 Å². The number of hydrogen-bond acceptors (Lipinski definition) is 4. The molecule has 1 aromatic carbocycles. The van der Waals surface area contributed by atoms with Gasteiger partial charge in [0.15, 0.2) is 6.04 Å². The van der Waals surface area contributed by atoms with E-state index in [0.29, 0.717) is 5.56 Å². The molecule has 1 amide bonds. The van der Waals surface area contributed by atoms with E-state index in [0.717, 1.165) is 0 Å². The SMILES string of the molecule is O=C(N[C@@H](C(=O)O)c1ccccc1Cl)c1ccnnc1. The summed E-state index contributed by atoms with van der Waals surface area (Å²) in [5, 5.41) is 19.0. The van der Waals surface area contributed by atoms with Gasteiger partial charge in [0.05, 0.1) is 18.0 Å². The molecular formula is C13H10ClN3O3. The van der Waals surface area contributed by atoms with Crippen LogP contribution in [-0.2, 0) is 4.79 Å². The lowest BCUT2D eigenvalue weighted by Gasteiger charge is -2.16. The number of carboxylic acid groups (broad SMARTS) is 1. The van der Waals surface area contributed by atoms with E-state index in [1.165, 1.54) is 18.5 Å². The first-order valence-electron chi connectivity index (χ1n) is 5.64. The number of nitrogens with zero attached hydrogens (tertiary/aromatic N) is 2. The van der Waals surface area contributed by atoms with Gasteiger partial charge in [0.1, 0.15) is 0 Å². The van der Waals surface area contributed by atoms with Crippen molar-refractivity contribution < 1.29 is 14.7 Å². The van der Waals surface area contributed by atoms with Crippen LogP contribution in [0.2, 0.25) is 5.02 Å². The first-order chi connectivity index (χ1) is 9.59. The average molecular weight is 292 g/mol. The number of amides is 1. The molecule has 2 N–H and O–H groups in total. The van der Waals surface area contributed by atoms with E-state index in [1.807, 2.05) is 0 Å². The Morgan fingerprint density at radius 3 is 2.55 bits per heavy atom. The van der Waals surface area contributed by atoms with Crippen LogP contribution in [0.1, 0.15) is 22.0 Å². The fraction of sp³-hybridized carbons (Fsp3) is 0.0769. The minimum Gasteiger partial charge on any atom is -0.479 e. The lowest BCUT2D eigenvalue weighted by Crippen LogP contribution is -2.34. The normalized spacial score (nSPS) is 11.7. The molecule has 0 radical (unpaired) electrons. The number of carboxylic acids is 1. The fourth-order valence-corrected chi connectivity index (χ4v) is 1.87. The standard InChI is InChI=1S/C13H10ClN3O3/c14-10-4-2-1-3-9(10)11(13(19)20)17-12(18)8-5-6-15-16-7-8/h1-7,11H,(H,17,18)(H,19,20)/t11-/m1/s1. The van der Waals surface area contributed by atoms with Crippen LogP contribution in [0.3, 0.4) is 0 Å². The number of carbonyl (C=O) groups is 2. The molecule has 2 aromatic rings. The second-order valence-corrected chi connectivity index (χ2v) is 4.30. The van der Waals surface area contributed by atoms with E-state index in [2.05, 4.69) is 15.5 Å². The van der Waals surface area contributed by atoms with Crippen molar-refractivity contribution in [3.05, 3.63) is 58.9 Å². The van der Waals surface area contributed by atoms with Crippen LogP contribution in [-0.4, -0.2) is 27.2 Å². The molecule has 0 bridgehead atoms. The average Bonchev–Trinajstić information content (AvgIpc) is 2.46. The summed E-state index contributed by atoms with van der Waals surface area (Å²) in [5.74, 6) is -1.76. The second kappa shape index (κ2) is 6.12. The third-order valence-corrected chi connectivity index (χ3v) is 2.93. The summed E-state index contributed by atoms with van der Waals surface area (Å²) >= 11 is 5.96. The summed E-state index contributed by atoms with van der Waals surface area (Å²) in [7, 11) is 0. The summed E-state index contributed by atoms with van der Waals surface area (Å²) in [6, 6.07) is 6.65. The van der Waals surface area contributed by atoms with Crippen LogP contribution in [0.25, 0.3) is 0 Å². The number of aliphatic carboxylic acids is 1. The minimum absolute atomic E-state index is 0.221. The second-order valence-electron chi connectivity index (χ2n) is 3.90. The zero-order valence-electron chi connectivity index (χ0n) is 10.2. The number of halogens is 1. The van der Waals surface area contributed by atoms with Gasteiger partial charge in [-0.2, -0.15) is 10.2 Å². The van der Waals surface area contributed by atoms with Crippen molar-refractivity contribution in [1.82, 2.24) is 15.5 Å². The summed E-state index contributed by atoms with van der Waals surface area (Å²) in [4.78, 5) is 23.3. The summed E-state index contributed by atoms with van der Waals surface area (Å²) in [6.07, 6.45) is 2.60. The summed E-state index contributed by atoms with van der Waals surface area (Å²) in [6.45, 7) is 0. The number of carbonyl (C=O) groups excluding carboxylic acids is 1. The van der Waals surface area contributed by atoms with Crippen LogP contribution >= 0.6 is 11.6 Å². The van der Waals surface area contributed by atoms with Crippen molar-refractivity contribution in [3.8, 4) is 0 Å². The lowest BCUT2D eigenvalue weighted by atomic mass is 10.1. The molecular weight excluding hydrogens is 282 g/mol. The van der Waals surface area contributed by atoms with Crippen molar-refractivity contribution in [1.29, 1.82) is 0 Å². The quantitative estimate of drug-likeness (QED) is 0.894. The lowest BCUT2D eigenvalue weighted by molar-refractivity contribution is -0.139. The third kappa shape index (κ3) is 3.10. The van der Waals surface area contributed by atoms with Gasteiger partial charge in [-0.05, 0) is 12.1 Å². The maximum Gasteiger partial charge on any atom is 0.330 e. The molecule has 1 aromatic heterocycles. The number of hydrogen-bond donors (Lipinski definition) is 2. The molecule has 7 heteroatoms. The molecule has 0 aliphatic heterocycles. The molecule has 0 aliphatic carbocycles. The topological polar surface area (TPSA) is 92.2 Å². The van der Waals surface area contributed by atoms with Gasteiger partial charge in [0.25, 0.3) is 5.91 Å². The molecule has 20 heavy (non-hydrogen) atoms. The van der Waals surface area contributed by atoms with E-state index >= 15 is 0 Å². The maximum atomic E-state index is 12.0. The Labute approximate surface area is 119 Å². The van der Waals surface area contributed by atoms with Crippen molar-refractivity contribution >= 4 is 23.5 Å². The van der Waals surface area contributed by atoms with Gasteiger partial charge < -0.3 is 10.4 Å². The zero-order valence-corrected chi connectivity index (χ0v) is 10.9. The zero-order chi connectivity index (χ0) is 14.5. The molecule has 0 saturated carbocycles. The Morgan fingerprint density at radius 2 is 1.95 bits per heavy atom. The first kappa shape index (κ1) is 14.0. The molecule has 0 fully saturated rings. The van der Waals surface area contributed by atoms with Gasteiger partial charge in [0.2, 0.25) is 0 Å². The third-order valence-electron chi connectivity index (χ3n) is 2.59. The number of aromatic nitrogens is 2. The molecule has 0 unspecified atom stereocenters. The highest BCUT2D eigenvalue weighted by atomic mass is 35.5. The highest BCUT2D eigenvalue weighted by Crippen LogP contribution is 2.23. The molecule has 102 valence electrons. The van der Waals surface area contributed by atoms with E-state index in [4.69, 9.17) is 11.6 Å². The van der Waals surface area contributed by atoms with Gasteiger partial charge in [-0.3, -0.25) is 4.79 Å². The predicted octanol–water partition coefficient (Wildman–Crippen LogP) is 1.69. The Kier molecular flexibility index (Phi) is 4.27. The predicted molar refractivity (Wildman–Crippen MR) is 71.3 cm³/mol. The van der Waals surface area contributed by atoms with E-state index in [-0.39, 0.29) is 10.6 Å². The Hall–Kier alpha value is -2.47. The van der Waals surface area contributed by atoms with Gasteiger partial charge in [-0.15, -0.1) is 0 Å². The monoisotopic (exact) mass is 291 g/mol.